The van der Waals surface area contributed by atoms with Gasteiger partial charge in [0.05, 0.1) is 5.71 Å². The van der Waals surface area contributed by atoms with E-state index in [4.69, 9.17) is 5.10 Å². The minimum atomic E-state index is 0.367. The third-order valence-corrected chi connectivity index (χ3v) is 4.26. The molecule has 1 N–H and O–H groups in total. The van der Waals surface area contributed by atoms with Crippen molar-refractivity contribution in [2.75, 3.05) is 13.1 Å². The highest BCUT2D eigenvalue weighted by molar-refractivity contribution is 6.05. The largest absolute Gasteiger partial charge is 0.279 e. The number of hydrogen-bond donors (Lipinski definition) is 1. The smallest absolute Gasteiger partial charge is 0.188 e. The number of benzene rings is 1. The molecular weight excluding hydrogens is 224 g/mol. The van der Waals surface area contributed by atoms with Gasteiger partial charge in [0, 0.05) is 18.7 Å². The van der Waals surface area contributed by atoms with Gasteiger partial charge in [-0.05, 0) is 43.4 Å². The highest BCUT2D eigenvalue weighted by Crippen LogP contribution is 2.33. The highest BCUT2D eigenvalue weighted by atomic mass is 16.0. The number of nitrogens with one attached hydrogen (secondary N) is 1. The summed E-state index contributed by atoms with van der Waals surface area (Å²) in [5, 5.41) is 12.6. The van der Waals surface area contributed by atoms with E-state index in [1.807, 2.05) is 0 Å². The van der Waals surface area contributed by atoms with Crippen LogP contribution in [0.3, 0.4) is 0 Å². The van der Waals surface area contributed by atoms with Gasteiger partial charge in [0.2, 0.25) is 0 Å². The quantitative estimate of drug-likeness (QED) is 0.755. The SMILES string of the molecule is Cc1ccc(C)c2c1CCC2=NN1C2NCCN21. The summed E-state index contributed by atoms with van der Waals surface area (Å²) in [6, 6.07) is 4.45. The second-order valence-electron chi connectivity index (χ2n) is 5.41. The van der Waals surface area contributed by atoms with Gasteiger partial charge in [-0.2, -0.15) is 15.2 Å². The lowest BCUT2D eigenvalue weighted by molar-refractivity contribution is 0.314. The van der Waals surface area contributed by atoms with Crippen molar-refractivity contribution < 1.29 is 0 Å². The molecule has 94 valence electrons. The minimum absolute atomic E-state index is 0.367. The molecule has 2 saturated heterocycles. The topological polar surface area (TPSA) is 30.4 Å². The number of hydrogen-bond acceptors (Lipinski definition) is 4. The zero-order chi connectivity index (χ0) is 12.3. The molecule has 1 aliphatic carbocycles. The maximum absolute atomic E-state index is 4.83. The first-order valence-electron chi connectivity index (χ1n) is 6.72. The normalized spacial score (nSPS) is 30.8. The van der Waals surface area contributed by atoms with Crippen molar-refractivity contribution in [1.82, 2.24) is 15.4 Å². The average Bonchev–Trinajstić information content (AvgIpc) is 2.77. The lowest BCUT2D eigenvalue weighted by Gasteiger charge is -2.08. The number of hydrazine groups is 1. The van der Waals surface area contributed by atoms with Crippen LogP contribution >= 0.6 is 0 Å². The van der Waals surface area contributed by atoms with Gasteiger partial charge in [-0.15, -0.1) is 0 Å². The number of fused-ring (bicyclic) bond motifs is 2. The van der Waals surface area contributed by atoms with E-state index in [0.717, 1.165) is 25.9 Å². The Kier molecular flexibility index (Phi) is 2.08. The van der Waals surface area contributed by atoms with Crippen LogP contribution in [-0.2, 0) is 6.42 Å². The van der Waals surface area contributed by atoms with Gasteiger partial charge in [0.25, 0.3) is 0 Å². The summed E-state index contributed by atoms with van der Waals surface area (Å²) < 4.78 is 0. The molecule has 0 radical (unpaired) electrons. The predicted molar refractivity (Wildman–Crippen MR) is 71.1 cm³/mol. The Morgan fingerprint density at radius 3 is 2.83 bits per heavy atom. The fourth-order valence-corrected chi connectivity index (χ4v) is 3.21. The standard InChI is InChI=1S/C14H18N4/c1-9-3-4-10(2)13-11(9)5-6-12(13)16-18-14-15-7-8-17(14)18/h3-4,14-15H,5-8H2,1-2H3. The van der Waals surface area contributed by atoms with E-state index in [1.54, 1.807) is 0 Å². The van der Waals surface area contributed by atoms with Gasteiger partial charge in [-0.3, -0.25) is 5.32 Å². The molecule has 4 rings (SSSR count). The van der Waals surface area contributed by atoms with Crippen LogP contribution in [0.15, 0.2) is 17.2 Å². The fraction of sp³-hybridized carbons (Fsp3) is 0.500. The number of rotatable bonds is 1. The van der Waals surface area contributed by atoms with E-state index in [1.165, 1.54) is 28.0 Å². The van der Waals surface area contributed by atoms with Crippen LogP contribution in [0.5, 0.6) is 0 Å². The van der Waals surface area contributed by atoms with E-state index < -0.39 is 0 Å². The molecule has 1 aromatic carbocycles. The average molecular weight is 242 g/mol. The molecule has 4 nitrogen and oxygen atoms in total. The maximum Gasteiger partial charge on any atom is 0.188 e. The molecular formula is C14H18N4. The number of hydrazone groups is 1. The third-order valence-electron chi connectivity index (χ3n) is 4.26. The van der Waals surface area contributed by atoms with Crippen molar-refractivity contribution in [2.45, 2.75) is 33.0 Å². The Morgan fingerprint density at radius 1 is 1.22 bits per heavy atom. The molecule has 4 heteroatoms. The maximum atomic E-state index is 4.83. The molecule has 0 spiro atoms. The molecule has 0 bridgehead atoms. The van der Waals surface area contributed by atoms with Gasteiger partial charge in [0.15, 0.2) is 6.29 Å². The van der Waals surface area contributed by atoms with Crippen molar-refractivity contribution in [3.63, 3.8) is 0 Å². The Bertz CT molecular complexity index is 539. The summed E-state index contributed by atoms with van der Waals surface area (Å²) in [6.45, 7) is 6.57. The van der Waals surface area contributed by atoms with Crippen LogP contribution in [0, 0.1) is 13.8 Å². The summed E-state index contributed by atoms with van der Waals surface area (Å²) in [7, 11) is 0. The molecule has 0 amide bonds. The van der Waals surface area contributed by atoms with Gasteiger partial charge in [-0.25, -0.2) is 0 Å². The summed E-state index contributed by atoms with van der Waals surface area (Å²) in [6.07, 6.45) is 2.60. The monoisotopic (exact) mass is 242 g/mol. The van der Waals surface area contributed by atoms with E-state index in [9.17, 15) is 0 Å². The Morgan fingerprint density at radius 2 is 2.06 bits per heavy atom. The Hall–Kier alpha value is -1.39. The first kappa shape index (κ1) is 10.5. The van der Waals surface area contributed by atoms with Gasteiger partial charge in [0.1, 0.15) is 0 Å². The van der Waals surface area contributed by atoms with E-state index >= 15 is 0 Å². The highest BCUT2D eigenvalue weighted by Gasteiger charge is 2.49. The molecule has 1 aromatic rings. The van der Waals surface area contributed by atoms with Crippen LogP contribution in [0.25, 0.3) is 0 Å². The summed E-state index contributed by atoms with van der Waals surface area (Å²) in [4.78, 5) is 0. The molecule has 2 atom stereocenters. The van der Waals surface area contributed by atoms with Crippen molar-refractivity contribution in [2.24, 2.45) is 5.10 Å². The first-order valence-corrected chi connectivity index (χ1v) is 6.72. The minimum Gasteiger partial charge on any atom is -0.279 e. The lowest BCUT2D eigenvalue weighted by Crippen LogP contribution is -2.21. The summed E-state index contributed by atoms with van der Waals surface area (Å²) >= 11 is 0. The molecule has 3 aliphatic rings. The first-order chi connectivity index (χ1) is 8.75. The van der Waals surface area contributed by atoms with E-state index in [2.05, 4.69) is 41.4 Å². The predicted octanol–water partition coefficient (Wildman–Crippen LogP) is 1.37. The van der Waals surface area contributed by atoms with E-state index in [0.29, 0.717) is 6.29 Å². The fourth-order valence-electron chi connectivity index (χ4n) is 3.21. The van der Waals surface area contributed by atoms with Crippen LogP contribution in [0.4, 0.5) is 0 Å². The van der Waals surface area contributed by atoms with E-state index in [-0.39, 0.29) is 0 Å². The molecule has 2 heterocycles. The van der Waals surface area contributed by atoms with Crippen LogP contribution in [0.1, 0.15) is 28.7 Å². The van der Waals surface area contributed by atoms with Crippen LogP contribution in [0.2, 0.25) is 0 Å². The van der Waals surface area contributed by atoms with Gasteiger partial charge >= 0.3 is 0 Å². The van der Waals surface area contributed by atoms with Crippen molar-refractivity contribution in [3.8, 4) is 0 Å². The van der Waals surface area contributed by atoms with Crippen LogP contribution in [-0.4, -0.2) is 35.2 Å². The van der Waals surface area contributed by atoms with Crippen molar-refractivity contribution >= 4 is 5.71 Å². The second kappa shape index (κ2) is 3.56. The van der Waals surface area contributed by atoms with Crippen LogP contribution < -0.4 is 5.32 Å². The lowest BCUT2D eigenvalue weighted by atomic mass is 9.99. The molecule has 2 aliphatic heterocycles. The zero-order valence-corrected chi connectivity index (χ0v) is 10.9. The molecule has 0 aromatic heterocycles. The Balaban J connectivity index is 1.71. The Labute approximate surface area is 107 Å². The number of aryl methyl sites for hydroxylation is 2. The second-order valence-corrected chi connectivity index (χ2v) is 5.41. The number of nitrogens with zero attached hydrogens (tertiary/aromatic N) is 3. The molecule has 2 unspecified atom stereocenters. The van der Waals surface area contributed by atoms with Crippen molar-refractivity contribution in [3.05, 3.63) is 34.4 Å². The molecule has 0 saturated carbocycles. The van der Waals surface area contributed by atoms with Gasteiger partial charge in [-0.1, -0.05) is 12.1 Å². The summed E-state index contributed by atoms with van der Waals surface area (Å²) in [5.74, 6) is 0. The van der Waals surface area contributed by atoms with Gasteiger partial charge < -0.3 is 0 Å². The van der Waals surface area contributed by atoms with Crippen molar-refractivity contribution in [1.29, 1.82) is 0 Å². The zero-order valence-electron chi connectivity index (χ0n) is 10.9. The summed E-state index contributed by atoms with van der Waals surface area (Å²) in [5.41, 5.74) is 6.94. The molecule has 2 fully saturated rings. The molecule has 18 heavy (non-hydrogen) atoms. The third kappa shape index (κ3) is 1.36.